The van der Waals surface area contributed by atoms with Crippen LogP contribution in [0.1, 0.15) is 355 Å². The van der Waals surface area contributed by atoms with Crippen molar-refractivity contribution in [3.63, 3.8) is 0 Å². The molecule has 0 aromatic rings. The van der Waals surface area contributed by atoms with E-state index in [0.29, 0.717) is 19.3 Å². The molecule has 6 nitrogen and oxygen atoms in total. The Labute approximate surface area is 491 Å². The lowest BCUT2D eigenvalue weighted by Crippen LogP contribution is -2.30. The molecule has 0 aliphatic rings. The molecule has 1 atom stereocenters. The molecule has 0 radical (unpaired) electrons. The first-order chi connectivity index (χ1) is 39.0. The van der Waals surface area contributed by atoms with E-state index < -0.39 is 6.10 Å². The molecule has 0 heterocycles. The van der Waals surface area contributed by atoms with Crippen molar-refractivity contribution in [2.24, 2.45) is 0 Å². The van der Waals surface area contributed by atoms with Crippen molar-refractivity contribution < 1.29 is 28.6 Å². The summed E-state index contributed by atoms with van der Waals surface area (Å²) in [5.41, 5.74) is 0. The zero-order chi connectivity index (χ0) is 57.1. The normalized spacial score (nSPS) is 12.5. The van der Waals surface area contributed by atoms with Crippen LogP contribution < -0.4 is 0 Å². The van der Waals surface area contributed by atoms with Gasteiger partial charge in [0.15, 0.2) is 6.10 Å². The molecule has 0 aromatic carbocycles. The molecular weight excluding hydrogens is 973 g/mol. The molecule has 0 aliphatic carbocycles. The number of esters is 3. The standard InChI is InChI=1S/C73H130O6/c1-4-7-10-13-16-19-22-25-28-31-34-35-36-37-38-39-40-43-45-48-51-54-57-60-63-66-72(75)78-69-70(79-73(76)67-64-61-58-55-52-49-46-42-33-30-27-24-21-18-15-12-9-6-3)68-77-71(74)65-62-59-56-53-50-47-44-41-32-29-26-23-20-17-14-11-8-5-2/h7,10,16,19,25,28-30,32-35,70H,4-6,8-9,11-15,17-18,20-24,26-27,31,36-69H2,1-3H3/b10-7-,19-16-,28-25-,32-29-,33-30-,35-34-. The summed E-state index contributed by atoms with van der Waals surface area (Å²) in [4.78, 5) is 38.4. The molecule has 0 aromatic heterocycles. The third-order valence-electron chi connectivity index (χ3n) is 15.2. The van der Waals surface area contributed by atoms with E-state index in [1.807, 2.05) is 0 Å². The fourth-order valence-electron chi connectivity index (χ4n) is 10.0. The minimum atomic E-state index is -0.781. The Morgan fingerprint density at radius 1 is 0.266 bits per heavy atom. The van der Waals surface area contributed by atoms with Crippen LogP contribution in [0.25, 0.3) is 0 Å². The van der Waals surface area contributed by atoms with Gasteiger partial charge in [-0.2, -0.15) is 0 Å². The van der Waals surface area contributed by atoms with E-state index in [9.17, 15) is 14.4 Å². The fourth-order valence-corrected chi connectivity index (χ4v) is 10.0. The minimum absolute atomic E-state index is 0.0769. The predicted octanol–water partition coefficient (Wildman–Crippen LogP) is 23.7. The number of rotatable bonds is 63. The van der Waals surface area contributed by atoms with Crippen LogP contribution in [0.5, 0.6) is 0 Å². The van der Waals surface area contributed by atoms with Crippen molar-refractivity contribution in [1.29, 1.82) is 0 Å². The van der Waals surface area contributed by atoms with Crippen LogP contribution in [0.15, 0.2) is 72.9 Å². The van der Waals surface area contributed by atoms with Gasteiger partial charge in [0.2, 0.25) is 0 Å². The summed E-state index contributed by atoms with van der Waals surface area (Å²) in [7, 11) is 0. The van der Waals surface area contributed by atoms with E-state index in [0.717, 1.165) is 83.5 Å². The molecule has 0 fully saturated rings. The van der Waals surface area contributed by atoms with Gasteiger partial charge in [-0.25, -0.2) is 0 Å². The maximum absolute atomic E-state index is 12.9. The average molecular weight is 1100 g/mol. The molecule has 6 heteroatoms. The maximum Gasteiger partial charge on any atom is 0.306 e. The summed E-state index contributed by atoms with van der Waals surface area (Å²) in [6.07, 6.45) is 87.7. The van der Waals surface area contributed by atoms with E-state index in [2.05, 4.69) is 93.7 Å². The highest BCUT2D eigenvalue weighted by atomic mass is 16.6. The summed E-state index contributed by atoms with van der Waals surface area (Å²) < 4.78 is 17.0. The van der Waals surface area contributed by atoms with Gasteiger partial charge in [-0.05, 0) is 109 Å². The number of carbonyl (C=O) groups is 3. The molecule has 0 saturated heterocycles. The summed E-state index contributed by atoms with van der Waals surface area (Å²) in [5.74, 6) is -0.867. The smallest absolute Gasteiger partial charge is 0.306 e. The lowest BCUT2D eigenvalue weighted by Gasteiger charge is -2.18. The molecule has 1 unspecified atom stereocenters. The van der Waals surface area contributed by atoms with Crippen molar-refractivity contribution in [3.8, 4) is 0 Å². The van der Waals surface area contributed by atoms with E-state index in [-0.39, 0.29) is 31.1 Å². The van der Waals surface area contributed by atoms with Gasteiger partial charge in [-0.1, -0.05) is 299 Å². The van der Waals surface area contributed by atoms with E-state index in [1.54, 1.807) is 0 Å². The lowest BCUT2D eigenvalue weighted by molar-refractivity contribution is -0.167. The monoisotopic (exact) mass is 1100 g/mol. The van der Waals surface area contributed by atoms with E-state index in [4.69, 9.17) is 14.2 Å². The van der Waals surface area contributed by atoms with Crippen molar-refractivity contribution in [3.05, 3.63) is 72.9 Å². The van der Waals surface area contributed by atoms with Gasteiger partial charge in [0, 0.05) is 19.3 Å². The first kappa shape index (κ1) is 75.8. The summed E-state index contributed by atoms with van der Waals surface area (Å²) >= 11 is 0. The van der Waals surface area contributed by atoms with Crippen LogP contribution in [-0.2, 0) is 28.6 Å². The quantitative estimate of drug-likeness (QED) is 0.0261. The number of ether oxygens (including phenoxy) is 3. The maximum atomic E-state index is 12.9. The highest BCUT2D eigenvalue weighted by Gasteiger charge is 2.19. The number of unbranched alkanes of at least 4 members (excludes halogenated alkanes) is 40. The van der Waals surface area contributed by atoms with Gasteiger partial charge in [-0.3, -0.25) is 14.4 Å². The van der Waals surface area contributed by atoms with Gasteiger partial charge in [-0.15, -0.1) is 0 Å². The minimum Gasteiger partial charge on any atom is -0.462 e. The number of hydrogen-bond donors (Lipinski definition) is 0. The first-order valence-corrected chi connectivity index (χ1v) is 34.4. The molecule has 0 aliphatic heterocycles. The zero-order valence-electron chi connectivity index (χ0n) is 52.6. The number of allylic oxidation sites excluding steroid dienone is 12. The molecule has 0 amide bonds. The molecule has 458 valence electrons. The van der Waals surface area contributed by atoms with Crippen molar-refractivity contribution >= 4 is 17.9 Å². The molecular formula is C73H130O6. The Hall–Kier alpha value is -3.15. The van der Waals surface area contributed by atoms with E-state index in [1.165, 1.54) is 231 Å². The molecule has 0 saturated carbocycles. The second-order valence-corrected chi connectivity index (χ2v) is 23.1. The highest BCUT2D eigenvalue weighted by molar-refractivity contribution is 5.71. The van der Waals surface area contributed by atoms with E-state index >= 15 is 0 Å². The van der Waals surface area contributed by atoms with Gasteiger partial charge in [0.05, 0.1) is 0 Å². The second-order valence-electron chi connectivity index (χ2n) is 23.1. The molecule has 0 bridgehead atoms. The third kappa shape index (κ3) is 65.5. The van der Waals surface area contributed by atoms with Crippen LogP contribution >= 0.6 is 0 Å². The Morgan fingerprint density at radius 3 is 0.785 bits per heavy atom. The Bertz CT molecular complexity index is 1450. The van der Waals surface area contributed by atoms with Gasteiger partial charge in [0.1, 0.15) is 13.2 Å². The van der Waals surface area contributed by atoms with Crippen LogP contribution in [0, 0.1) is 0 Å². The molecule has 79 heavy (non-hydrogen) atoms. The van der Waals surface area contributed by atoms with Crippen molar-refractivity contribution in [2.75, 3.05) is 13.2 Å². The van der Waals surface area contributed by atoms with Gasteiger partial charge in [0.25, 0.3) is 0 Å². The van der Waals surface area contributed by atoms with Crippen LogP contribution in [0.4, 0.5) is 0 Å². The SMILES string of the molecule is CC/C=C\C/C=C\C/C=C\C/C=C\CCCCCCCCCCCCCCC(=O)OCC(COC(=O)CCCCCCCCC/C=C\CCCCCCCCC)OC(=O)CCCCCCCCC/C=C\CCCCCCCCC. The molecule has 0 spiro atoms. The third-order valence-corrected chi connectivity index (χ3v) is 15.2. The topological polar surface area (TPSA) is 78.9 Å². The zero-order valence-corrected chi connectivity index (χ0v) is 52.6. The second kappa shape index (κ2) is 67.4. The summed E-state index contributed by atoms with van der Waals surface area (Å²) in [6, 6.07) is 0. The van der Waals surface area contributed by atoms with Crippen LogP contribution in [0.3, 0.4) is 0 Å². The largest absolute Gasteiger partial charge is 0.462 e. The summed E-state index contributed by atoms with van der Waals surface area (Å²) in [6.45, 7) is 6.57. The molecule has 0 N–H and O–H groups in total. The Kier molecular flexibility index (Phi) is 64.7. The lowest BCUT2D eigenvalue weighted by atomic mass is 10.0. The van der Waals surface area contributed by atoms with Gasteiger partial charge >= 0.3 is 17.9 Å². The highest BCUT2D eigenvalue weighted by Crippen LogP contribution is 2.17. The Morgan fingerprint density at radius 2 is 0.494 bits per heavy atom. The van der Waals surface area contributed by atoms with Gasteiger partial charge < -0.3 is 14.2 Å². The number of hydrogen-bond acceptors (Lipinski definition) is 6. The summed E-state index contributed by atoms with van der Waals surface area (Å²) in [5, 5.41) is 0. The van der Waals surface area contributed by atoms with Crippen molar-refractivity contribution in [1.82, 2.24) is 0 Å². The Balaban J connectivity index is 4.33. The fraction of sp³-hybridized carbons (Fsp3) is 0.795. The molecule has 0 rings (SSSR count). The number of carbonyl (C=O) groups excluding carboxylic acids is 3. The predicted molar refractivity (Wildman–Crippen MR) is 344 cm³/mol. The average Bonchev–Trinajstić information content (AvgIpc) is 3.45. The van der Waals surface area contributed by atoms with Crippen LogP contribution in [0.2, 0.25) is 0 Å². The van der Waals surface area contributed by atoms with Crippen molar-refractivity contribution in [2.45, 2.75) is 361 Å². The first-order valence-electron chi connectivity index (χ1n) is 34.4. The van der Waals surface area contributed by atoms with Crippen LogP contribution in [-0.4, -0.2) is 37.2 Å².